The number of sulfonamides is 1. The van der Waals surface area contributed by atoms with Gasteiger partial charge in [0, 0.05) is 19.3 Å². The summed E-state index contributed by atoms with van der Waals surface area (Å²) >= 11 is 11.7. The lowest BCUT2D eigenvalue weighted by atomic mass is 10.3. The van der Waals surface area contributed by atoms with Gasteiger partial charge < -0.3 is 10.3 Å². The third-order valence-corrected chi connectivity index (χ3v) is 4.99. The van der Waals surface area contributed by atoms with Crippen LogP contribution in [-0.4, -0.2) is 13.0 Å². The summed E-state index contributed by atoms with van der Waals surface area (Å²) in [7, 11) is -2.44. The van der Waals surface area contributed by atoms with E-state index in [0.717, 1.165) is 0 Å². The molecule has 0 saturated carbocycles. The Labute approximate surface area is 131 Å². The number of nitrogens with zero attached hydrogens (tertiary/aromatic N) is 1. The molecule has 0 radical (unpaired) electrons. The largest absolute Gasteiger partial charge is 0.396 e. The second-order valence-corrected chi connectivity index (χ2v) is 6.68. The summed E-state index contributed by atoms with van der Waals surface area (Å²) in [6.07, 6.45) is 1.35. The first-order valence-corrected chi connectivity index (χ1v) is 7.89. The molecule has 3 N–H and O–H groups in total. The van der Waals surface area contributed by atoms with Gasteiger partial charge >= 0.3 is 0 Å². The fourth-order valence-corrected chi connectivity index (χ4v) is 3.43. The summed E-state index contributed by atoms with van der Waals surface area (Å²) in [5.74, 6) is 0. The maximum absolute atomic E-state index is 12.3. The highest BCUT2D eigenvalue weighted by molar-refractivity contribution is 7.92. The SMILES string of the molecule is Cn1cc(NS(=O)(=O)c2ccc(Cl)c(N)c2Cl)ccc1=O. The van der Waals surface area contributed by atoms with E-state index in [4.69, 9.17) is 28.9 Å². The lowest BCUT2D eigenvalue weighted by Gasteiger charge is -2.12. The Hall–Kier alpha value is -1.70. The van der Waals surface area contributed by atoms with Crippen molar-refractivity contribution in [3.05, 3.63) is 50.9 Å². The van der Waals surface area contributed by atoms with E-state index in [1.807, 2.05) is 0 Å². The Kier molecular flexibility index (Phi) is 4.18. The molecule has 1 aromatic heterocycles. The molecule has 0 atom stereocenters. The highest BCUT2D eigenvalue weighted by atomic mass is 35.5. The fourth-order valence-electron chi connectivity index (χ4n) is 1.62. The minimum absolute atomic E-state index is 0.0123. The van der Waals surface area contributed by atoms with Gasteiger partial charge in [0.15, 0.2) is 0 Å². The summed E-state index contributed by atoms with van der Waals surface area (Å²) in [5.41, 5.74) is 5.57. The number of hydrogen-bond donors (Lipinski definition) is 2. The number of nitrogens with one attached hydrogen (secondary N) is 1. The standard InChI is InChI=1S/C12H11Cl2N3O3S/c1-17-6-7(2-5-10(17)18)16-21(19,20)9-4-3-8(13)12(15)11(9)14/h2-6,16H,15H2,1H3. The molecule has 9 heteroatoms. The summed E-state index contributed by atoms with van der Waals surface area (Å²) in [6.45, 7) is 0. The second kappa shape index (κ2) is 5.59. The molecule has 0 fully saturated rings. The van der Waals surface area contributed by atoms with E-state index in [1.165, 1.54) is 42.1 Å². The van der Waals surface area contributed by atoms with Crippen LogP contribution in [0.1, 0.15) is 0 Å². The van der Waals surface area contributed by atoms with Crippen LogP contribution in [0.3, 0.4) is 0 Å². The molecule has 0 amide bonds. The lowest BCUT2D eigenvalue weighted by Crippen LogP contribution is -2.18. The van der Waals surface area contributed by atoms with Gasteiger partial charge in [0.05, 0.1) is 21.4 Å². The first kappa shape index (κ1) is 15.7. The van der Waals surface area contributed by atoms with Gasteiger partial charge in [-0.2, -0.15) is 0 Å². The Morgan fingerprint density at radius 1 is 1.19 bits per heavy atom. The van der Waals surface area contributed by atoms with Crippen LogP contribution in [0.25, 0.3) is 0 Å². The van der Waals surface area contributed by atoms with E-state index in [2.05, 4.69) is 4.72 Å². The van der Waals surface area contributed by atoms with Crippen LogP contribution in [0, 0.1) is 0 Å². The number of nitrogens with two attached hydrogens (primary N) is 1. The lowest BCUT2D eigenvalue weighted by molar-refractivity contribution is 0.601. The zero-order valence-electron chi connectivity index (χ0n) is 10.8. The van der Waals surface area contributed by atoms with Crippen LogP contribution in [0.5, 0.6) is 0 Å². The average molecular weight is 348 g/mol. The van der Waals surface area contributed by atoms with Gasteiger partial charge in [-0.3, -0.25) is 9.52 Å². The molecule has 0 aliphatic carbocycles. The van der Waals surface area contributed by atoms with Gasteiger partial charge in [0.2, 0.25) is 5.56 Å². The number of rotatable bonds is 3. The van der Waals surface area contributed by atoms with Crippen molar-refractivity contribution in [3.63, 3.8) is 0 Å². The van der Waals surface area contributed by atoms with Crippen molar-refractivity contribution < 1.29 is 8.42 Å². The van der Waals surface area contributed by atoms with Crippen LogP contribution in [-0.2, 0) is 17.1 Å². The molecule has 0 saturated heterocycles. The normalized spacial score (nSPS) is 11.4. The molecule has 2 rings (SSSR count). The Morgan fingerprint density at radius 3 is 2.48 bits per heavy atom. The van der Waals surface area contributed by atoms with Crippen LogP contribution in [0.4, 0.5) is 11.4 Å². The van der Waals surface area contributed by atoms with Crippen molar-refractivity contribution in [1.82, 2.24) is 4.57 Å². The first-order chi connectivity index (χ1) is 9.72. The van der Waals surface area contributed by atoms with Gasteiger partial charge in [0.1, 0.15) is 4.90 Å². The molecular weight excluding hydrogens is 337 g/mol. The Bertz CT molecular complexity index is 863. The molecule has 112 valence electrons. The van der Waals surface area contributed by atoms with Crippen LogP contribution >= 0.6 is 23.2 Å². The van der Waals surface area contributed by atoms with Crippen molar-refractivity contribution in [3.8, 4) is 0 Å². The monoisotopic (exact) mass is 347 g/mol. The third kappa shape index (κ3) is 3.15. The van der Waals surface area contributed by atoms with E-state index in [-0.39, 0.29) is 31.9 Å². The van der Waals surface area contributed by atoms with Crippen LogP contribution in [0.2, 0.25) is 10.0 Å². The molecule has 6 nitrogen and oxygen atoms in total. The van der Waals surface area contributed by atoms with Crippen molar-refractivity contribution in [1.29, 1.82) is 0 Å². The highest BCUT2D eigenvalue weighted by Gasteiger charge is 2.21. The molecule has 1 aromatic carbocycles. The maximum atomic E-state index is 12.3. The second-order valence-electron chi connectivity index (χ2n) is 4.25. The quantitative estimate of drug-likeness (QED) is 0.831. The number of aryl methyl sites for hydroxylation is 1. The number of benzene rings is 1. The highest BCUT2D eigenvalue weighted by Crippen LogP contribution is 2.33. The van der Waals surface area contributed by atoms with Gasteiger partial charge in [0.25, 0.3) is 10.0 Å². The van der Waals surface area contributed by atoms with Crippen molar-refractivity contribution in [2.45, 2.75) is 4.90 Å². The zero-order chi connectivity index (χ0) is 15.8. The Balaban J connectivity index is 2.45. The number of nitrogen functional groups attached to an aromatic ring is 1. The number of aromatic nitrogens is 1. The smallest absolute Gasteiger partial charge is 0.263 e. The molecule has 0 unspecified atom stereocenters. The van der Waals surface area contributed by atoms with Crippen LogP contribution in [0.15, 0.2) is 40.2 Å². The van der Waals surface area contributed by atoms with E-state index < -0.39 is 10.0 Å². The zero-order valence-corrected chi connectivity index (χ0v) is 13.1. The number of anilines is 2. The van der Waals surface area contributed by atoms with Gasteiger partial charge in [-0.15, -0.1) is 0 Å². The van der Waals surface area contributed by atoms with Gasteiger partial charge in [-0.05, 0) is 18.2 Å². The van der Waals surface area contributed by atoms with E-state index in [9.17, 15) is 13.2 Å². The minimum atomic E-state index is -3.95. The predicted molar refractivity (Wildman–Crippen MR) is 83.4 cm³/mol. The van der Waals surface area contributed by atoms with Crippen molar-refractivity contribution >= 4 is 44.6 Å². The summed E-state index contributed by atoms with van der Waals surface area (Å²) < 4.78 is 28.2. The molecule has 0 aliphatic heterocycles. The van der Waals surface area contributed by atoms with E-state index in [0.29, 0.717) is 0 Å². The van der Waals surface area contributed by atoms with E-state index >= 15 is 0 Å². The minimum Gasteiger partial charge on any atom is -0.396 e. The number of hydrogen-bond acceptors (Lipinski definition) is 4. The maximum Gasteiger partial charge on any atom is 0.263 e. The Morgan fingerprint density at radius 2 is 1.86 bits per heavy atom. The van der Waals surface area contributed by atoms with Gasteiger partial charge in [-0.25, -0.2) is 8.42 Å². The molecule has 21 heavy (non-hydrogen) atoms. The summed E-state index contributed by atoms with van der Waals surface area (Å²) in [5, 5.41) is 0.0147. The fraction of sp³-hybridized carbons (Fsp3) is 0.0833. The van der Waals surface area contributed by atoms with E-state index in [1.54, 1.807) is 0 Å². The molecule has 2 aromatic rings. The third-order valence-electron chi connectivity index (χ3n) is 2.72. The molecule has 1 heterocycles. The predicted octanol–water partition coefficient (Wildman–Crippen LogP) is 2.08. The molecule has 0 aliphatic rings. The molecule has 0 spiro atoms. The van der Waals surface area contributed by atoms with Crippen LogP contribution < -0.4 is 16.0 Å². The topological polar surface area (TPSA) is 94.2 Å². The van der Waals surface area contributed by atoms with Crippen molar-refractivity contribution in [2.75, 3.05) is 10.5 Å². The molecule has 0 bridgehead atoms. The van der Waals surface area contributed by atoms with Crippen molar-refractivity contribution in [2.24, 2.45) is 7.05 Å². The molecular formula is C12H11Cl2N3O3S. The summed E-state index contributed by atoms with van der Waals surface area (Å²) in [6, 6.07) is 5.20. The summed E-state index contributed by atoms with van der Waals surface area (Å²) in [4.78, 5) is 11.1. The van der Waals surface area contributed by atoms with Gasteiger partial charge in [-0.1, -0.05) is 23.2 Å². The number of pyridine rings is 1. The number of halogens is 2. The average Bonchev–Trinajstić information content (AvgIpc) is 2.39. The first-order valence-electron chi connectivity index (χ1n) is 5.65.